The van der Waals surface area contributed by atoms with E-state index in [-0.39, 0.29) is 0 Å². The Morgan fingerprint density at radius 2 is 2.00 bits per heavy atom. The van der Waals surface area contributed by atoms with Crippen molar-refractivity contribution in [3.8, 4) is 0 Å². The lowest BCUT2D eigenvalue weighted by Crippen LogP contribution is -2.46. The van der Waals surface area contributed by atoms with E-state index in [9.17, 15) is 4.79 Å². The molecule has 0 saturated heterocycles. The van der Waals surface area contributed by atoms with Gasteiger partial charge in [-0.25, -0.2) is 4.79 Å². The molecule has 5 heteroatoms. The van der Waals surface area contributed by atoms with E-state index in [1.807, 2.05) is 58.0 Å². The van der Waals surface area contributed by atoms with E-state index in [4.69, 9.17) is 14.2 Å². The minimum Gasteiger partial charge on any atom is -0.387 e. The van der Waals surface area contributed by atoms with E-state index in [1.165, 1.54) is 0 Å². The van der Waals surface area contributed by atoms with Crippen LogP contribution in [0.3, 0.4) is 0 Å². The van der Waals surface area contributed by atoms with Crippen molar-refractivity contribution in [2.75, 3.05) is 13.2 Å². The molecule has 0 radical (unpaired) electrons. The molecular formula is C18H25NO4. The quantitative estimate of drug-likeness (QED) is 0.613. The summed E-state index contributed by atoms with van der Waals surface area (Å²) in [6.45, 7) is 8.94. The average Bonchev–Trinajstić information content (AvgIpc) is 2.91. The van der Waals surface area contributed by atoms with Gasteiger partial charge in [0, 0.05) is 19.2 Å². The number of hydrogen-bond donors (Lipinski definition) is 0. The molecule has 1 aliphatic rings. The Bertz CT molecular complexity index is 550. The number of carbonyl (C=O) groups excluding carboxylic acids is 1. The van der Waals surface area contributed by atoms with Crippen LogP contribution in [0.25, 0.3) is 0 Å². The topological polar surface area (TPSA) is 48.0 Å². The first-order valence-corrected chi connectivity index (χ1v) is 7.87. The van der Waals surface area contributed by atoms with E-state index < -0.39 is 17.7 Å². The molecule has 126 valence electrons. The zero-order valence-corrected chi connectivity index (χ0v) is 14.2. The van der Waals surface area contributed by atoms with Gasteiger partial charge in [-0.3, -0.25) is 0 Å². The number of rotatable bonds is 5. The van der Waals surface area contributed by atoms with Crippen LogP contribution in [0, 0.1) is 0 Å². The van der Waals surface area contributed by atoms with Gasteiger partial charge < -0.3 is 19.1 Å². The standard InChI is InChI=1S/C18H25NO4/c1-5-19(14-15-10-7-6-8-11-15)16(20)22-18(12-9-13-21-18)23-17(2,3)4/h6-12H,5,13-14H2,1-4H3/t18-/m1/s1. The summed E-state index contributed by atoms with van der Waals surface area (Å²) in [4.78, 5) is 14.1. The highest BCUT2D eigenvalue weighted by Crippen LogP contribution is 2.29. The predicted octanol–water partition coefficient (Wildman–Crippen LogP) is 3.70. The maximum absolute atomic E-state index is 12.5. The summed E-state index contributed by atoms with van der Waals surface area (Å²) in [7, 11) is 0. The molecule has 1 aromatic carbocycles. The van der Waals surface area contributed by atoms with Crippen molar-refractivity contribution in [3.63, 3.8) is 0 Å². The number of hydrogen-bond acceptors (Lipinski definition) is 4. The zero-order chi connectivity index (χ0) is 16.9. The Kier molecular flexibility index (Phi) is 5.44. The smallest absolute Gasteiger partial charge is 0.387 e. The molecule has 0 saturated carbocycles. The Hall–Kier alpha value is -1.85. The highest BCUT2D eigenvalue weighted by Gasteiger charge is 2.42. The van der Waals surface area contributed by atoms with Crippen molar-refractivity contribution in [2.24, 2.45) is 0 Å². The summed E-state index contributed by atoms with van der Waals surface area (Å²) in [5.41, 5.74) is 0.533. The van der Waals surface area contributed by atoms with Gasteiger partial charge in [0.05, 0.1) is 12.2 Å². The minimum atomic E-state index is -1.44. The lowest BCUT2D eigenvalue weighted by atomic mass is 10.2. The van der Waals surface area contributed by atoms with Gasteiger partial charge in [-0.2, -0.15) is 0 Å². The summed E-state index contributed by atoms with van der Waals surface area (Å²) in [6, 6.07) is 9.79. The van der Waals surface area contributed by atoms with Crippen molar-refractivity contribution in [1.82, 2.24) is 4.90 Å². The Labute approximate surface area is 137 Å². The predicted molar refractivity (Wildman–Crippen MR) is 87.7 cm³/mol. The molecule has 1 amide bonds. The summed E-state index contributed by atoms with van der Waals surface area (Å²) in [6.07, 6.45) is 2.96. The normalized spacial score (nSPS) is 20.5. The molecule has 23 heavy (non-hydrogen) atoms. The van der Waals surface area contributed by atoms with Crippen molar-refractivity contribution in [1.29, 1.82) is 0 Å². The second kappa shape index (κ2) is 7.15. The number of benzene rings is 1. The third-order valence-electron chi connectivity index (χ3n) is 3.24. The number of carbonyl (C=O) groups is 1. The van der Waals surface area contributed by atoms with E-state index in [0.717, 1.165) is 5.56 Å². The zero-order valence-electron chi connectivity index (χ0n) is 14.2. The van der Waals surface area contributed by atoms with Gasteiger partial charge in [-0.1, -0.05) is 36.4 Å². The first kappa shape index (κ1) is 17.5. The van der Waals surface area contributed by atoms with Crippen molar-refractivity contribution in [2.45, 2.75) is 45.8 Å². The van der Waals surface area contributed by atoms with E-state index >= 15 is 0 Å². The molecule has 2 rings (SSSR count). The SMILES string of the molecule is CCN(Cc1ccccc1)C(=O)O[C@@]1(OC(C)(C)C)C=CCO1. The van der Waals surface area contributed by atoms with Crippen molar-refractivity contribution < 1.29 is 19.0 Å². The first-order valence-electron chi connectivity index (χ1n) is 7.87. The van der Waals surface area contributed by atoms with Crippen LogP contribution in [-0.2, 0) is 20.8 Å². The van der Waals surface area contributed by atoms with Crippen molar-refractivity contribution in [3.05, 3.63) is 48.0 Å². The Morgan fingerprint density at radius 3 is 2.52 bits per heavy atom. The second-order valence-electron chi connectivity index (χ2n) is 6.40. The maximum Gasteiger partial charge on any atom is 0.414 e. The summed E-state index contributed by atoms with van der Waals surface area (Å²) >= 11 is 0. The van der Waals surface area contributed by atoms with Crippen LogP contribution < -0.4 is 0 Å². The highest BCUT2D eigenvalue weighted by atomic mass is 16.9. The summed E-state index contributed by atoms with van der Waals surface area (Å²) < 4.78 is 16.9. The van der Waals surface area contributed by atoms with Crippen LogP contribution in [0.4, 0.5) is 4.79 Å². The first-order chi connectivity index (χ1) is 10.8. The molecule has 0 fully saturated rings. The molecule has 1 aromatic rings. The molecule has 1 aliphatic heterocycles. The highest BCUT2D eigenvalue weighted by molar-refractivity contribution is 5.68. The van der Waals surface area contributed by atoms with E-state index in [0.29, 0.717) is 19.7 Å². The van der Waals surface area contributed by atoms with Crippen molar-refractivity contribution >= 4 is 6.09 Å². The monoisotopic (exact) mass is 319 g/mol. The fraction of sp³-hybridized carbons (Fsp3) is 0.500. The van der Waals surface area contributed by atoms with Crippen LogP contribution >= 0.6 is 0 Å². The molecule has 0 unspecified atom stereocenters. The lowest BCUT2D eigenvalue weighted by molar-refractivity contribution is -0.345. The third kappa shape index (κ3) is 5.08. The Morgan fingerprint density at radius 1 is 1.30 bits per heavy atom. The number of amides is 1. The lowest BCUT2D eigenvalue weighted by Gasteiger charge is -2.34. The van der Waals surface area contributed by atoms with Gasteiger partial charge in [0.2, 0.25) is 0 Å². The minimum absolute atomic E-state index is 0.355. The molecule has 0 aliphatic carbocycles. The fourth-order valence-corrected chi connectivity index (χ4v) is 2.27. The van der Waals surface area contributed by atoms with Crippen LogP contribution in [-0.4, -0.2) is 35.7 Å². The molecule has 1 heterocycles. The van der Waals surface area contributed by atoms with Crippen LogP contribution in [0.15, 0.2) is 42.5 Å². The van der Waals surface area contributed by atoms with E-state index in [2.05, 4.69) is 0 Å². The summed E-state index contributed by atoms with van der Waals surface area (Å²) in [5, 5.41) is 0. The maximum atomic E-state index is 12.5. The van der Waals surface area contributed by atoms with Gasteiger partial charge in [-0.05, 0) is 33.3 Å². The molecule has 1 atom stereocenters. The molecule has 0 N–H and O–H groups in total. The molecule has 0 aromatic heterocycles. The molecule has 0 spiro atoms. The molecule has 5 nitrogen and oxygen atoms in total. The third-order valence-corrected chi connectivity index (χ3v) is 3.24. The number of ether oxygens (including phenoxy) is 3. The van der Waals surface area contributed by atoms with Gasteiger partial charge in [0.25, 0.3) is 0 Å². The van der Waals surface area contributed by atoms with Gasteiger partial charge >= 0.3 is 12.1 Å². The molecule has 0 bridgehead atoms. The average molecular weight is 319 g/mol. The number of nitrogens with zero attached hydrogens (tertiary/aromatic N) is 1. The van der Waals surface area contributed by atoms with Crippen LogP contribution in [0.5, 0.6) is 0 Å². The van der Waals surface area contributed by atoms with Gasteiger partial charge in [0.15, 0.2) is 0 Å². The second-order valence-corrected chi connectivity index (χ2v) is 6.40. The van der Waals surface area contributed by atoms with Gasteiger partial charge in [-0.15, -0.1) is 0 Å². The molecular weight excluding hydrogens is 294 g/mol. The fourth-order valence-electron chi connectivity index (χ4n) is 2.27. The Balaban J connectivity index is 2.06. The summed E-state index contributed by atoms with van der Waals surface area (Å²) in [5.74, 6) is -1.44. The largest absolute Gasteiger partial charge is 0.414 e. The van der Waals surface area contributed by atoms with Gasteiger partial charge in [0.1, 0.15) is 0 Å². The van der Waals surface area contributed by atoms with Crippen LogP contribution in [0.1, 0.15) is 33.3 Å². The van der Waals surface area contributed by atoms with E-state index in [1.54, 1.807) is 17.1 Å². The van der Waals surface area contributed by atoms with Crippen LogP contribution in [0.2, 0.25) is 0 Å².